The molecule has 1 fully saturated rings. The topological polar surface area (TPSA) is 76.2 Å². The summed E-state index contributed by atoms with van der Waals surface area (Å²) in [5.74, 6) is -0.261. The highest BCUT2D eigenvalue weighted by atomic mass is 16.1. The van der Waals surface area contributed by atoms with Crippen LogP contribution in [0.4, 0.5) is 0 Å². The van der Waals surface area contributed by atoms with Gasteiger partial charge < -0.3 is 11.1 Å². The van der Waals surface area contributed by atoms with E-state index in [0.717, 1.165) is 38.2 Å². The van der Waals surface area contributed by atoms with Crippen molar-refractivity contribution in [1.82, 2.24) is 20.0 Å². The van der Waals surface area contributed by atoms with Crippen LogP contribution in [0.5, 0.6) is 0 Å². The molecule has 1 aliphatic rings. The molecule has 2 heterocycles. The minimum Gasteiger partial charge on any atom is -0.368 e. The summed E-state index contributed by atoms with van der Waals surface area (Å²) in [7, 11) is 0. The molecule has 100 valence electrons. The van der Waals surface area contributed by atoms with Crippen molar-refractivity contribution in [3.8, 4) is 0 Å². The molecule has 1 unspecified atom stereocenters. The van der Waals surface area contributed by atoms with Gasteiger partial charge in [0, 0.05) is 44.5 Å². The molecule has 0 spiro atoms. The summed E-state index contributed by atoms with van der Waals surface area (Å²) in [5, 5.41) is 7.49. The molecule has 1 aromatic heterocycles. The lowest BCUT2D eigenvalue weighted by atomic mass is 10.1. The number of amides is 1. The molecule has 0 bridgehead atoms. The van der Waals surface area contributed by atoms with Crippen LogP contribution in [0.25, 0.3) is 0 Å². The van der Waals surface area contributed by atoms with Gasteiger partial charge in [-0.15, -0.1) is 0 Å². The molecule has 3 N–H and O–H groups in total. The molecule has 0 aliphatic carbocycles. The minimum atomic E-state index is -0.261. The number of nitrogens with one attached hydrogen (secondary N) is 1. The van der Waals surface area contributed by atoms with Crippen molar-refractivity contribution in [2.24, 2.45) is 5.73 Å². The van der Waals surface area contributed by atoms with Gasteiger partial charge >= 0.3 is 0 Å². The van der Waals surface area contributed by atoms with Gasteiger partial charge in [0.05, 0.1) is 6.20 Å². The first-order valence-electron chi connectivity index (χ1n) is 6.46. The van der Waals surface area contributed by atoms with Gasteiger partial charge in [0.15, 0.2) is 0 Å². The first-order chi connectivity index (χ1) is 8.70. The first kappa shape index (κ1) is 13.0. The van der Waals surface area contributed by atoms with E-state index in [-0.39, 0.29) is 11.9 Å². The van der Waals surface area contributed by atoms with E-state index in [1.807, 2.05) is 17.1 Å². The lowest BCUT2D eigenvalue weighted by molar-refractivity contribution is -0.124. The van der Waals surface area contributed by atoms with Gasteiger partial charge in [0.2, 0.25) is 5.91 Å². The van der Waals surface area contributed by atoms with Crippen LogP contribution in [-0.4, -0.2) is 46.3 Å². The molecule has 18 heavy (non-hydrogen) atoms. The van der Waals surface area contributed by atoms with Crippen molar-refractivity contribution in [1.29, 1.82) is 0 Å². The van der Waals surface area contributed by atoms with E-state index in [9.17, 15) is 4.79 Å². The molecule has 6 heteroatoms. The Labute approximate surface area is 107 Å². The zero-order valence-corrected chi connectivity index (χ0v) is 10.8. The monoisotopic (exact) mass is 251 g/mol. The van der Waals surface area contributed by atoms with Gasteiger partial charge in [-0.05, 0) is 6.42 Å². The highest BCUT2D eigenvalue weighted by Gasteiger charge is 2.26. The van der Waals surface area contributed by atoms with Crippen LogP contribution in [0.3, 0.4) is 0 Å². The highest BCUT2D eigenvalue weighted by Crippen LogP contribution is 2.10. The second-order valence-electron chi connectivity index (χ2n) is 4.70. The number of hydrogen-bond donors (Lipinski definition) is 2. The molecule has 0 radical (unpaired) electrons. The molecule has 1 saturated heterocycles. The van der Waals surface area contributed by atoms with Crippen molar-refractivity contribution in [3.05, 3.63) is 18.0 Å². The molecule has 0 aromatic carbocycles. The van der Waals surface area contributed by atoms with Crippen molar-refractivity contribution >= 4 is 5.91 Å². The molecular formula is C12H21N5O. The van der Waals surface area contributed by atoms with Crippen molar-refractivity contribution in [2.75, 3.05) is 19.6 Å². The number of carbonyl (C=O) groups excluding carboxylic acids is 1. The third-order valence-electron chi connectivity index (χ3n) is 3.21. The van der Waals surface area contributed by atoms with Crippen LogP contribution in [0.1, 0.15) is 18.9 Å². The Balaban J connectivity index is 1.99. The van der Waals surface area contributed by atoms with E-state index in [1.54, 1.807) is 0 Å². The van der Waals surface area contributed by atoms with Crippen LogP contribution in [-0.2, 0) is 17.9 Å². The zero-order chi connectivity index (χ0) is 13.0. The number of nitrogens with two attached hydrogens (primary N) is 1. The average molecular weight is 251 g/mol. The minimum absolute atomic E-state index is 0.215. The zero-order valence-electron chi connectivity index (χ0n) is 10.8. The normalized spacial score (nSPS) is 21.1. The third kappa shape index (κ3) is 3.08. The summed E-state index contributed by atoms with van der Waals surface area (Å²) in [5.41, 5.74) is 6.56. The number of nitrogens with zero attached hydrogens (tertiary/aromatic N) is 3. The summed E-state index contributed by atoms with van der Waals surface area (Å²) < 4.78 is 1.94. The van der Waals surface area contributed by atoms with Crippen molar-refractivity contribution in [3.63, 3.8) is 0 Å². The van der Waals surface area contributed by atoms with Crippen molar-refractivity contribution < 1.29 is 4.79 Å². The smallest absolute Gasteiger partial charge is 0.236 e. The molecule has 1 atom stereocenters. The fraction of sp³-hybridized carbons (Fsp3) is 0.667. The molecule has 6 nitrogen and oxygen atoms in total. The molecule has 1 aromatic rings. The fourth-order valence-electron chi connectivity index (χ4n) is 2.29. The number of carbonyl (C=O) groups is 1. The maximum atomic E-state index is 11.4. The number of hydrogen-bond acceptors (Lipinski definition) is 4. The highest BCUT2D eigenvalue weighted by molar-refractivity contribution is 5.80. The second kappa shape index (κ2) is 5.97. The number of rotatable bonds is 5. The quantitative estimate of drug-likeness (QED) is 0.743. The maximum Gasteiger partial charge on any atom is 0.236 e. The van der Waals surface area contributed by atoms with E-state index < -0.39 is 0 Å². The SMILES string of the molecule is CCCn1cc(CN2CCNCC2C(N)=O)cn1. The standard InChI is InChI=1S/C12H21N5O/c1-2-4-17-9-10(6-15-17)8-16-5-3-14-7-11(16)12(13)18/h6,9,11,14H,2-5,7-8H2,1H3,(H2,13,18). The van der Waals surface area contributed by atoms with Crippen LogP contribution in [0, 0.1) is 0 Å². The fourth-order valence-corrected chi connectivity index (χ4v) is 2.29. The third-order valence-corrected chi connectivity index (χ3v) is 3.21. The largest absolute Gasteiger partial charge is 0.368 e. The van der Waals surface area contributed by atoms with E-state index in [0.29, 0.717) is 6.54 Å². The number of primary amides is 1. The molecule has 2 rings (SSSR count). The van der Waals surface area contributed by atoms with Gasteiger partial charge in [-0.1, -0.05) is 6.92 Å². The molecule has 1 amide bonds. The predicted octanol–water partition coefficient (Wildman–Crippen LogP) is -0.448. The maximum absolute atomic E-state index is 11.4. The summed E-state index contributed by atoms with van der Waals surface area (Å²) in [6.45, 7) is 6.17. The number of aryl methyl sites for hydroxylation is 1. The van der Waals surface area contributed by atoms with E-state index >= 15 is 0 Å². The second-order valence-corrected chi connectivity index (χ2v) is 4.70. The molecular weight excluding hydrogens is 230 g/mol. The van der Waals surface area contributed by atoms with Crippen LogP contribution >= 0.6 is 0 Å². The lowest BCUT2D eigenvalue weighted by Crippen LogP contribution is -2.56. The molecule has 1 aliphatic heterocycles. The average Bonchev–Trinajstić information content (AvgIpc) is 2.77. The Morgan fingerprint density at radius 2 is 2.50 bits per heavy atom. The van der Waals surface area contributed by atoms with Crippen LogP contribution in [0.15, 0.2) is 12.4 Å². The summed E-state index contributed by atoms with van der Waals surface area (Å²) in [4.78, 5) is 13.5. The summed E-state index contributed by atoms with van der Waals surface area (Å²) in [6.07, 6.45) is 4.98. The first-order valence-corrected chi connectivity index (χ1v) is 6.46. The van der Waals surface area contributed by atoms with E-state index in [4.69, 9.17) is 5.73 Å². The van der Waals surface area contributed by atoms with Crippen LogP contribution < -0.4 is 11.1 Å². The summed E-state index contributed by atoms with van der Waals surface area (Å²) in [6, 6.07) is -0.215. The Bertz CT molecular complexity index is 403. The van der Waals surface area contributed by atoms with Gasteiger partial charge in [0.1, 0.15) is 6.04 Å². The predicted molar refractivity (Wildman–Crippen MR) is 68.8 cm³/mol. The molecule has 0 saturated carbocycles. The van der Waals surface area contributed by atoms with Gasteiger partial charge in [0.25, 0.3) is 0 Å². The lowest BCUT2D eigenvalue weighted by Gasteiger charge is -2.33. The Morgan fingerprint density at radius 1 is 1.67 bits per heavy atom. The Hall–Kier alpha value is -1.40. The summed E-state index contributed by atoms with van der Waals surface area (Å²) >= 11 is 0. The van der Waals surface area contributed by atoms with Gasteiger partial charge in [-0.2, -0.15) is 5.10 Å². The number of aromatic nitrogens is 2. The van der Waals surface area contributed by atoms with E-state index in [1.165, 1.54) is 0 Å². The van der Waals surface area contributed by atoms with Gasteiger partial charge in [-0.3, -0.25) is 14.4 Å². The Kier molecular flexibility index (Phi) is 4.33. The van der Waals surface area contributed by atoms with E-state index in [2.05, 4.69) is 22.2 Å². The van der Waals surface area contributed by atoms with Crippen LogP contribution in [0.2, 0.25) is 0 Å². The van der Waals surface area contributed by atoms with Gasteiger partial charge in [-0.25, -0.2) is 0 Å². The Morgan fingerprint density at radius 3 is 3.22 bits per heavy atom. The number of piperazine rings is 1. The van der Waals surface area contributed by atoms with Crippen molar-refractivity contribution in [2.45, 2.75) is 32.5 Å².